The van der Waals surface area contributed by atoms with Crippen LogP contribution in [0.5, 0.6) is 0 Å². The molecule has 2 aromatic carbocycles. The van der Waals surface area contributed by atoms with Crippen molar-refractivity contribution in [1.82, 2.24) is 14.9 Å². The number of carbonyl (C=O) groups is 2. The minimum absolute atomic E-state index is 0.0334. The predicted octanol–water partition coefficient (Wildman–Crippen LogP) is 1.25. The van der Waals surface area contributed by atoms with Gasteiger partial charge >= 0.3 is 6.09 Å². The Labute approximate surface area is 228 Å². The third-order valence-electron chi connectivity index (χ3n) is 5.82. The van der Waals surface area contributed by atoms with Crippen molar-refractivity contribution in [3.63, 3.8) is 0 Å². The molecule has 12 nitrogen and oxygen atoms in total. The van der Waals surface area contributed by atoms with Crippen molar-refractivity contribution < 1.29 is 38.5 Å². The maximum Gasteiger partial charge on any atom is 0.405 e. The summed E-state index contributed by atoms with van der Waals surface area (Å²) >= 11 is 0. The number of sulfonamides is 1. The Hall–Kier alpha value is -3.52. The highest BCUT2D eigenvalue weighted by molar-refractivity contribution is 7.89. The Bertz CT molecular complexity index is 1200. The molecule has 2 rings (SSSR count). The van der Waals surface area contributed by atoms with Crippen LogP contribution in [0.2, 0.25) is 0 Å². The van der Waals surface area contributed by atoms with Crippen LogP contribution in [0.3, 0.4) is 0 Å². The number of hydrogen-bond acceptors (Lipinski definition) is 8. The number of aliphatic hydroxyl groups excluding tert-OH is 2. The summed E-state index contributed by atoms with van der Waals surface area (Å²) in [6.45, 7) is 4.59. The molecule has 2 aromatic rings. The smallest absolute Gasteiger partial charge is 0.405 e. The van der Waals surface area contributed by atoms with E-state index >= 15 is 0 Å². The number of carbonyl (C=O) groups excluding carboxylic acids is 1. The van der Waals surface area contributed by atoms with E-state index in [9.17, 15) is 28.2 Å². The van der Waals surface area contributed by atoms with Gasteiger partial charge < -0.3 is 31.2 Å². The molecule has 0 aliphatic heterocycles. The second-order valence-corrected chi connectivity index (χ2v) is 11.5. The van der Waals surface area contributed by atoms with Gasteiger partial charge in [-0.2, -0.15) is 4.31 Å². The van der Waals surface area contributed by atoms with Crippen molar-refractivity contribution in [1.29, 1.82) is 0 Å². The fraction of sp³-hybridized carbons (Fsp3) is 0.423. The van der Waals surface area contributed by atoms with Gasteiger partial charge in [0.25, 0.3) is 0 Å². The molecule has 0 aliphatic rings. The van der Waals surface area contributed by atoms with Gasteiger partial charge in [-0.15, -0.1) is 0 Å². The van der Waals surface area contributed by atoms with Gasteiger partial charge in [0.15, 0.2) is 0 Å². The normalized spacial score (nSPS) is 15.2. The predicted molar refractivity (Wildman–Crippen MR) is 144 cm³/mol. The summed E-state index contributed by atoms with van der Waals surface area (Å²) in [5.41, 5.74) is 1.22. The van der Waals surface area contributed by atoms with E-state index in [0.717, 1.165) is 16.1 Å². The number of oxime groups is 1. The highest BCUT2D eigenvalue weighted by atomic mass is 32.2. The van der Waals surface area contributed by atoms with E-state index in [4.69, 9.17) is 10.3 Å². The average molecular weight is 565 g/mol. The number of carboxylic acid groups (broad SMARTS) is 1. The monoisotopic (exact) mass is 564 g/mol. The molecule has 0 heterocycles. The van der Waals surface area contributed by atoms with Crippen molar-refractivity contribution in [3.05, 3.63) is 65.7 Å². The molecule has 0 radical (unpaired) electrons. The number of aliphatic hydroxyl groups is 2. The highest BCUT2D eigenvalue weighted by Gasteiger charge is 2.33. The van der Waals surface area contributed by atoms with Gasteiger partial charge in [-0.1, -0.05) is 61.5 Å². The third-order valence-corrected chi connectivity index (χ3v) is 7.66. The summed E-state index contributed by atoms with van der Waals surface area (Å²) in [5, 5.41) is 46.4. The van der Waals surface area contributed by atoms with Gasteiger partial charge in [0.1, 0.15) is 6.04 Å². The first-order valence-corrected chi connectivity index (χ1v) is 13.8. The molecule has 4 atom stereocenters. The number of amides is 2. The molecule has 0 saturated heterocycles. The quantitative estimate of drug-likeness (QED) is 0.112. The zero-order chi connectivity index (χ0) is 29.2. The maximum absolute atomic E-state index is 13.5. The second-order valence-electron chi connectivity index (χ2n) is 9.57. The van der Waals surface area contributed by atoms with Gasteiger partial charge in [0.2, 0.25) is 15.9 Å². The Balaban J connectivity index is 2.37. The molecule has 0 aromatic heterocycles. The zero-order valence-corrected chi connectivity index (χ0v) is 22.8. The fourth-order valence-corrected chi connectivity index (χ4v) is 5.54. The minimum Gasteiger partial charge on any atom is -0.465 e. The molecule has 39 heavy (non-hydrogen) atoms. The lowest BCUT2D eigenvalue weighted by Crippen LogP contribution is -2.58. The van der Waals surface area contributed by atoms with Crippen LogP contribution < -0.4 is 10.6 Å². The van der Waals surface area contributed by atoms with E-state index in [0.29, 0.717) is 5.56 Å². The number of hydrogen-bond donors (Lipinski definition) is 6. The van der Waals surface area contributed by atoms with Gasteiger partial charge in [0.05, 0.1) is 29.4 Å². The first-order chi connectivity index (χ1) is 18.3. The van der Waals surface area contributed by atoms with Crippen LogP contribution >= 0.6 is 0 Å². The molecule has 214 valence electrons. The van der Waals surface area contributed by atoms with Gasteiger partial charge in [0, 0.05) is 13.1 Å². The zero-order valence-electron chi connectivity index (χ0n) is 22.0. The molecule has 2 amide bonds. The van der Waals surface area contributed by atoms with Gasteiger partial charge in [-0.25, -0.2) is 13.2 Å². The molecular formula is C26H36N4O8S. The van der Waals surface area contributed by atoms with Crippen LogP contribution in [0.4, 0.5) is 4.79 Å². The van der Waals surface area contributed by atoms with Crippen LogP contribution in [0.1, 0.15) is 31.9 Å². The average Bonchev–Trinajstić information content (AvgIpc) is 2.87. The Kier molecular flexibility index (Phi) is 11.9. The second kappa shape index (κ2) is 14.6. The van der Waals surface area contributed by atoms with Gasteiger partial charge in [-0.05, 0) is 42.5 Å². The van der Waals surface area contributed by atoms with Crippen LogP contribution in [0, 0.1) is 5.92 Å². The summed E-state index contributed by atoms with van der Waals surface area (Å²) in [5.74, 6) is -0.971. The van der Waals surface area contributed by atoms with Crippen LogP contribution in [0.25, 0.3) is 0 Å². The largest absolute Gasteiger partial charge is 0.465 e. The standard InChI is InChI=1S/C26H36N4O8S/c1-17(2)15-30(39(37,38)21-11-9-20(10-12-21)14-27-36)16-23(32)22(13-19-7-5-4-6-8-19)28-25(33)24(18(3)31)29-26(34)35/h4-12,14,17-18,22-24,29,31-32,36H,13,15-16H2,1-3H3,(H,28,33)(H,34,35)/t18-,22+,23-,24+/m1/s1. The molecule has 13 heteroatoms. The minimum atomic E-state index is -4.08. The van der Waals surface area contributed by atoms with Crippen molar-refractivity contribution in [2.75, 3.05) is 13.1 Å². The summed E-state index contributed by atoms with van der Waals surface area (Å²) < 4.78 is 28.2. The first kappa shape index (κ1) is 31.7. The summed E-state index contributed by atoms with van der Waals surface area (Å²) in [6, 6.07) is 12.0. The number of nitrogens with one attached hydrogen (secondary N) is 2. The highest BCUT2D eigenvalue weighted by Crippen LogP contribution is 2.20. The van der Waals surface area contributed by atoms with Crippen molar-refractivity contribution in [2.24, 2.45) is 11.1 Å². The molecular weight excluding hydrogens is 528 g/mol. The SMILES string of the molecule is CC(C)CN(C[C@@H](O)[C@H](Cc1ccccc1)NC(=O)[C@@H](NC(=O)O)[C@@H](C)O)S(=O)(=O)c1ccc(C=NO)cc1. The Morgan fingerprint density at radius 1 is 0.974 bits per heavy atom. The Morgan fingerprint density at radius 3 is 2.10 bits per heavy atom. The summed E-state index contributed by atoms with van der Waals surface area (Å²) in [7, 11) is -4.08. The van der Waals surface area contributed by atoms with E-state index in [-0.39, 0.29) is 30.3 Å². The topological polar surface area (TPSA) is 189 Å². The molecule has 0 unspecified atom stereocenters. The summed E-state index contributed by atoms with van der Waals surface area (Å²) in [6.07, 6.45) is -3.02. The van der Waals surface area contributed by atoms with Crippen LogP contribution in [-0.4, -0.2) is 88.8 Å². The lowest BCUT2D eigenvalue weighted by Gasteiger charge is -2.32. The van der Waals surface area contributed by atoms with Gasteiger partial charge in [-0.3, -0.25) is 4.79 Å². The van der Waals surface area contributed by atoms with E-state index in [1.165, 1.54) is 31.2 Å². The van der Waals surface area contributed by atoms with E-state index in [1.54, 1.807) is 30.3 Å². The van der Waals surface area contributed by atoms with Crippen LogP contribution in [-0.2, 0) is 21.2 Å². The van der Waals surface area contributed by atoms with E-state index < -0.39 is 46.3 Å². The number of rotatable bonds is 14. The summed E-state index contributed by atoms with van der Waals surface area (Å²) in [4.78, 5) is 24.0. The fourth-order valence-electron chi connectivity index (χ4n) is 3.92. The molecule has 0 fully saturated rings. The van der Waals surface area contributed by atoms with E-state index in [2.05, 4.69) is 10.5 Å². The number of nitrogens with zero attached hydrogens (tertiary/aromatic N) is 2. The van der Waals surface area contributed by atoms with Crippen molar-refractivity contribution in [3.8, 4) is 0 Å². The lowest BCUT2D eigenvalue weighted by atomic mass is 10.00. The van der Waals surface area contributed by atoms with Crippen molar-refractivity contribution in [2.45, 2.75) is 56.4 Å². The first-order valence-electron chi connectivity index (χ1n) is 12.3. The molecule has 0 spiro atoms. The molecule has 0 aliphatic carbocycles. The Morgan fingerprint density at radius 2 is 1.59 bits per heavy atom. The van der Waals surface area contributed by atoms with Crippen LogP contribution in [0.15, 0.2) is 64.6 Å². The van der Waals surface area contributed by atoms with Crippen molar-refractivity contribution >= 4 is 28.2 Å². The third kappa shape index (κ3) is 9.62. The van der Waals surface area contributed by atoms with E-state index in [1.807, 2.05) is 19.2 Å². The number of benzene rings is 2. The molecule has 6 N–H and O–H groups in total. The maximum atomic E-state index is 13.5. The lowest BCUT2D eigenvalue weighted by molar-refractivity contribution is -0.127. The molecule has 0 bridgehead atoms. The molecule has 0 saturated carbocycles.